The average Bonchev–Trinajstić information content (AvgIpc) is 2.83. The summed E-state index contributed by atoms with van der Waals surface area (Å²) in [6, 6.07) is 18.2. The fourth-order valence-electron chi connectivity index (χ4n) is 3.11. The molecule has 0 unspecified atom stereocenters. The van der Waals surface area contributed by atoms with Crippen LogP contribution in [0.25, 0.3) is 11.6 Å². The van der Waals surface area contributed by atoms with Gasteiger partial charge in [0.05, 0.1) is 0 Å². The molecule has 1 aliphatic rings. The fourth-order valence-corrected chi connectivity index (χ4v) is 3.11. The Balaban J connectivity index is 1.90. The van der Waals surface area contributed by atoms with Crippen molar-refractivity contribution in [3.05, 3.63) is 106 Å². The number of hydrogen-bond acceptors (Lipinski definition) is 1. The van der Waals surface area contributed by atoms with E-state index in [1.165, 1.54) is 24.3 Å². The smallest absolute Gasteiger partial charge is 0.263 e. The molecule has 1 aliphatic heterocycles. The Hall–Kier alpha value is -3.23. The molecule has 0 bridgehead atoms. The molecule has 0 atom stereocenters. The number of ether oxygens (including phenoxy) is 1. The van der Waals surface area contributed by atoms with E-state index in [4.69, 9.17) is 4.74 Å². The Morgan fingerprint density at radius 1 is 0.926 bits per heavy atom. The molecular weight excluding hydrogens is 349 g/mol. The lowest BCUT2D eigenvalue weighted by Gasteiger charge is -2.08. The Labute approximate surface area is 155 Å². The summed E-state index contributed by atoms with van der Waals surface area (Å²) in [4.78, 5) is 0. The molecule has 1 heterocycles. The zero-order valence-electron chi connectivity index (χ0n) is 14.3. The quantitative estimate of drug-likeness (QED) is 0.478. The van der Waals surface area contributed by atoms with E-state index in [0.29, 0.717) is 23.5 Å². The van der Waals surface area contributed by atoms with Gasteiger partial charge in [0.2, 0.25) is 0 Å². The molecule has 0 aliphatic carbocycles. The highest BCUT2D eigenvalue weighted by atomic mass is 19.3. The fraction of sp³-hybridized carbons (Fsp3) is 0.0870. The largest absolute Gasteiger partial charge is 0.488 e. The third-order valence-corrected chi connectivity index (χ3v) is 4.43. The normalized spacial score (nSPS) is 12.5. The highest BCUT2D eigenvalue weighted by molar-refractivity contribution is 5.86. The van der Waals surface area contributed by atoms with Crippen LogP contribution in [0.5, 0.6) is 5.75 Å². The van der Waals surface area contributed by atoms with Crippen LogP contribution in [0.2, 0.25) is 0 Å². The first-order valence-electron chi connectivity index (χ1n) is 8.47. The Kier molecular flexibility index (Phi) is 4.57. The van der Waals surface area contributed by atoms with Gasteiger partial charge in [0.1, 0.15) is 18.2 Å². The van der Waals surface area contributed by atoms with Gasteiger partial charge in [-0.15, -0.1) is 5.73 Å². The molecule has 0 amide bonds. The first kappa shape index (κ1) is 17.2. The number of rotatable bonds is 2. The van der Waals surface area contributed by atoms with Crippen molar-refractivity contribution in [2.75, 3.05) is 0 Å². The van der Waals surface area contributed by atoms with Crippen LogP contribution in [0.15, 0.2) is 72.5 Å². The Bertz CT molecular complexity index is 1060. The second-order valence-electron chi connectivity index (χ2n) is 6.22. The molecule has 0 spiro atoms. The van der Waals surface area contributed by atoms with E-state index in [0.717, 1.165) is 16.7 Å². The van der Waals surface area contributed by atoms with Gasteiger partial charge in [0, 0.05) is 22.8 Å². The third kappa shape index (κ3) is 3.53. The van der Waals surface area contributed by atoms with Crippen LogP contribution in [0.4, 0.5) is 13.2 Å². The van der Waals surface area contributed by atoms with Crippen LogP contribution in [0, 0.1) is 5.82 Å². The molecule has 3 aromatic carbocycles. The van der Waals surface area contributed by atoms with Gasteiger partial charge < -0.3 is 4.74 Å². The molecular formula is C23H15F3O. The van der Waals surface area contributed by atoms with Gasteiger partial charge in [0.15, 0.2) is 0 Å². The second kappa shape index (κ2) is 7.18. The van der Waals surface area contributed by atoms with E-state index in [2.05, 4.69) is 5.73 Å². The molecule has 4 rings (SSSR count). The standard InChI is InChI=1S/C23H15F3O/c24-18-9-11-21-20(10-8-15-4-3-6-16(12-15)23(25)26)19-7-2-1-5-17(19)14-27-22(21)13-18/h1-9,11-13,23H,14H2. The Morgan fingerprint density at radius 2 is 1.78 bits per heavy atom. The maximum Gasteiger partial charge on any atom is 0.263 e. The predicted octanol–water partition coefficient (Wildman–Crippen LogP) is 6.40. The van der Waals surface area contributed by atoms with Gasteiger partial charge in [-0.2, -0.15) is 0 Å². The molecule has 0 fully saturated rings. The zero-order chi connectivity index (χ0) is 18.8. The summed E-state index contributed by atoms with van der Waals surface area (Å²) in [6.07, 6.45) is -0.863. The van der Waals surface area contributed by atoms with Gasteiger partial charge in [-0.3, -0.25) is 0 Å². The molecule has 0 saturated heterocycles. The number of alkyl halides is 2. The molecule has 0 N–H and O–H groups in total. The topological polar surface area (TPSA) is 9.23 Å². The molecule has 134 valence electrons. The highest BCUT2D eigenvalue weighted by Crippen LogP contribution is 2.36. The van der Waals surface area contributed by atoms with E-state index in [1.54, 1.807) is 24.3 Å². The predicted molar refractivity (Wildman–Crippen MR) is 99.1 cm³/mol. The van der Waals surface area contributed by atoms with Gasteiger partial charge in [-0.1, -0.05) is 42.5 Å². The number of benzene rings is 3. The summed E-state index contributed by atoms with van der Waals surface area (Å²) < 4.78 is 45.3. The average molecular weight is 364 g/mol. The lowest BCUT2D eigenvalue weighted by Crippen LogP contribution is -1.95. The van der Waals surface area contributed by atoms with Crippen molar-refractivity contribution in [3.63, 3.8) is 0 Å². The van der Waals surface area contributed by atoms with Crippen LogP contribution in [-0.2, 0) is 6.61 Å². The summed E-state index contributed by atoms with van der Waals surface area (Å²) in [5.74, 6) is 0.0519. The summed E-state index contributed by atoms with van der Waals surface area (Å²) in [5.41, 5.74) is 7.12. The van der Waals surface area contributed by atoms with E-state index in [1.807, 2.05) is 24.3 Å². The van der Waals surface area contributed by atoms with Crippen molar-refractivity contribution in [3.8, 4) is 5.75 Å². The van der Waals surface area contributed by atoms with E-state index >= 15 is 0 Å². The monoisotopic (exact) mass is 364 g/mol. The number of fused-ring (bicyclic) bond motifs is 2. The van der Waals surface area contributed by atoms with Crippen LogP contribution >= 0.6 is 0 Å². The van der Waals surface area contributed by atoms with Crippen molar-refractivity contribution >= 4 is 11.6 Å². The lowest BCUT2D eigenvalue weighted by atomic mass is 9.95. The molecule has 3 aromatic rings. The van der Waals surface area contributed by atoms with Crippen molar-refractivity contribution in [1.82, 2.24) is 0 Å². The van der Waals surface area contributed by atoms with Crippen molar-refractivity contribution in [1.29, 1.82) is 0 Å². The first-order chi connectivity index (χ1) is 13.1. The minimum atomic E-state index is -2.53. The summed E-state index contributed by atoms with van der Waals surface area (Å²) in [5, 5.41) is 0. The Morgan fingerprint density at radius 3 is 2.63 bits per heavy atom. The zero-order valence-corrected chi connectivity index (χ0v) is 14.3. The SMILES string of the molecule is Fc1ccc2c(c1)OCc1ccccc1C2=C=Cc1cccc(C(F)F)c1. The second-order valence-corrected chi connectivity index (χ2v) is 6.22. The van der Waals surface area contributed by atoms with E-state index in [-0.39, 0.29) is 11.4 Å². The molecule has 0 aromatic heterocycles. The molecule has 27 heavy (non-hydrogen) atoms. The highest BCUT2D eigenvalue weighted by Gasteiger charge is 2.19. The molecule has 4 heteroatoms. The van der Waals surface area contributed by atoms with Crippen LogP contribution in [0.3, 0.4) is 0 Å². The lowest BCUT2D eigenvalue weighted by molar-refractivity contribution is 0.151. The minimum Gasteiger partial charge on any atom is -0.488 e. The van der Waals surface area contributed by atoms with Gasteiger partial charge >= 0.3 is 0 Å². The van der Waals surface area contributed by atoms with Crippen LogP contribution in [-0.4, -0.2) is 0 Å². The molecule has 1 nitrogen and oxygen atoms in total. The maximum atomic E-state index is 13.7. The summed E-state index contributed by atoms with van der Waals surface area (Å²) in [6.45, 7) is 0.318. The van der Waals surface area contributed by atoms with E-state index < -0.39 is 6.43 Å². The van der Waals surface area contributed by atoms with Crippen molar-refractivity contribution < 1.29 is 17.9 Å². The summed E-state index contributed by atoms with van der Waals surface area (Å²) in [7, 11) is 0. The maximum absolute atomic E-state index is 13.7. The molecule has 0 radical (unpaired) electrons. The number of halogens is 3. The third-order valence-electron chi connectivity index (χ3n) is 4.43. The van der Waals surface area contributed by atoms with Crippen molar-refractivity contribution in [2.24, 2.45) is 0 Å². The van der Waals surface area contributed by atoms with Gasteiger partial charge in [-0.05, 0) is 41.0 Å². The number of hydrogen-bond donors (Lipinski definition) is 0. The molecule has 0 saturated carbocycles. The van der Waals surface area contributed by atoms with Gasteiger partial charge in [0.25, 0.3) is 6.43 Å². The first-order valence-corrected chi connectivity index (χ1v) is 8.47. The van der Waals surface area contributed by atoms with Gasteiger partial charge in [-0.25, -0.2) is 13.2 Å². The summed E-state index contributed by atoms with van der Waals surface area (Å²) >= 11 is 0. The minimum absolute atomic E-state index is 0.0392. The van der Waals surface area contributed by atoms with Crippen LogP contribution in [0.1, 0.15) is 34.2 Å². The van der Waals surface area contributed by atoms with E-state index in [9.17, 15) is 13.2 Å². The van der Waals surface area contributed by atoms with Crippen molar-refractivity contribution in [2.45, 2.75) is 13.0 Å². The van der Waals surface area contributed by atoms with Crippen LogP contribution < -0.4 is 4.74 Å².